The van der Waals surface area contributed by atoms with Crippen LogP contribution < -0.4 is 0 Å². The van der Waals surface area contributed by atoms with Gasteiger partial charge in [-0.05, 0) is 43.0 Å². The molecule has 1 aliphatic rings. The molecule has 1 atom stereocenters. The van der Waals surface area contributed by atoms with Gasteiger partial charge in [0.1, 0.15) is 0 Å². The van der Waals surface area contributed by atoms with Crippen molar-refractivity contribution in [2.75, 3.05) is 27.2 Å². The van der Waals surface area contributed by atoms with E-state index in [-0.39, 0.29) is 5.92 Å². The van der Waals surface area contributed by atoms with Gasteiger partial charge in [0.05, 0.1) is 0 Å². The van der Waals surface area contributed by atoms with Crippen molar-refractivity contribution in [2.24, 2.45) is 0 Å². The molecule has 0 bridgehead atoms. The molecule has 6 heteroatoms. The highest BCUT2D eigenvalue weighted by molar-refractivity contribution is 7.86. The number of hydrogen-bond donors (Lipinski definition) is 0. The van der Waals surface area contributed by atoms with Crippen LogP contribution in [0.25, 0.3) is 11.1 Å². The molecular weight excluding hydrogens is 334 g/mol. The SMILES string of the molecule is Cc1cc(-c2ccccc2)cc([C@@H]2CCCN(S(=O)(=O)N(C)C)C2)n1. The molecule has 0 radical (unpaired) electrons. The van der Waals surface area contributed by atoms with Gasteiger partial charge in [-0.2, -0.15) is 17.0 Å². The molecule has 2 aromatic rings. The molecule has 1 aromatic carbocycles. The number of hydrogen-bond acceptors (Lipinski definition) is 3. The van der Waals surface area contributed by atoms with Crippen LogP contribution in [0.5, 0.6) is 0 Å². The van der Waals surface area contributed by atoms with Crippen molar-refractivity contribution >= 4 is 10.2 Å². The number of piperidine rings is 1. The first-order valence-corrected chi connectivity index (χ1v) is 9.99. The maximum Gasteiger partial charge on any atom is 0.281 e. The van der Waals surface area contributed by atoms with Gasteiger partial charge in [-0.3, -0.25) is 4.98 Å². The Bertz CT molecular complexity index is 835. The molecule has 25 heavy (non-hydrogen) atoms. The molecule has 134 valence electrons. The Morgan fingerprint density at radius 3 is 2.52 bits per heavy atom. The molecule has 1 aliphatic heterocycles. The fourth-order valence-corrected chi connectivity index (χ4v) is 4.51. The minimum atomic E-state index is -3.37. The Morgan fingerprint density at radius 1 is 1.12 bits per heavy atom. The van der Waals surface area contributed by atoms with Crippen LogP contribution in [0.1, 0.15) is 30.1 Å². The average Bonchev–Trinajstić information content (AvgIpc) is 2.62. The summed E-state index contributed by atoms with van der Waals surface area (Å²) in [6.07, 6.45) is 1.82. The van der Waals surface area contributed by atoms with Gasteiger partial charge in [0.25, 0.3) is 10.2 Å². The summed E-state index contributed by atoms with van der Waals surface area (Å²) < 4.78 is 27.8. The molecule has 1 fully saturated rings. The maximum absolute atomic E-state index is 12.4. The van der Waals surface area contributed by atoms with Gasteiger partial charge in [0.2, 0.25) is 0 Å². The highest BCUT2D eigenvalue weighted by Crippen LogP contribution is 2.30. The minimum absolute atomic E-state index is 0.130. The van der Waals surface area contributed by atoms with E-state index in [4.69, 9.17) is 4.98 Å². The molecule has 1 aromatic heterocycles. The van der Waals surface area contributed by atoms with Crippen LogP contribution in [0, 0.1) is 6.92 Å². The van der Waals surface area contributed by atoms with Crippen LogP contribution in [0.15, 0.2) is 42.5 Å². The van der Waals surface area contributed by atoms with E-state index in [1.807, 2.05) is 25.1 Å². The van der Waals surface area contributed by atoms with Gasteiger partial charge in [-0.15, -0.1) is 0 Å². The second kappa shape index (κ2) is 7.23. The summed E-state index contributed by atoms with van der Waals surface area (Å²) in [5, 5.41) is 0. The van der Waals surface area contributed by atoms with Crippen molar-refractivity contribution in [3.8, 4) is 11.1 Å². The number of benzene rings is 1. The average molecular weight is 359 g/mol. The third-order valence-electron chi connectivity index (χ3n) is 4.67. The van der Waals surface area contributed by atoms with Crippen molar-refractivity contribution in [2.45, 2.75) is 25.7 Å². The van der Waals surface area contributed by atoms with Gasteiger partial charge in [-0.1, -0.05) is 30.3 Å². The lowest BCUT2D eigenvalue weighted by Crippen LogP contribution is -2.45. The lowest BCUT2D eigenvalue weighted by Gasteiger charge is -2.33. The Kier molecular flexibility index (Phi) is 5.22. The zero-order chi connectivity index (χ0) is 18.0. The Hall–Kier alpha value is -1.76. The van der Waals surface area contributed by atoms with E-state index in [1.165, 1.54) is 4.31 Å². The van der Waals surface area contributed by atoms with Gasteiger partial charge in [0, 0.05) is 44.5 Å². The normalized spacial score (nSPS) is 19.3. The quantitative estimate of drug-likeness (QED) is 0.843. The van der Waals surface area contributed by atoms with Crippen LogP contribution in [0.4, 0.5) is 0 Å². The molecule has 0 N–H and O–H groups in total. The standard InChI is InChI=1S/C19H25N3O2S/c1-15-12-18(16-8-5-4-6-9-16)13-19(20-15)17-10-7-11-22(14-17)25(23,24)21(2)3/h4-6,8-9,12-13,17H,7,10-11,14H2,1-3H3/t17-/m1/s1. The number of rotatable bonds is 4. The monoisotopic (exact) mass is 359 g/mol. The van der Waals surface area contributed by atoms with E-state index < -0.39 is 10.2 Å². The first kappa shape index (κ1) is 18.0. The van der Waals surface area contributed by atoms with Crippen LogP contribution in [0.3, 0.4) is 0 Å². The van der Waals surface area contributed by atoms with Gasteiger partial charge in [0.15, 0.2) is 0 Å². The van der Waals surface area contributed by atoms with Crippen LogP contribution in [-0.4, -0.2) is 49.2 Å². The van der Waals surface area contributed by atoms with E-state index >= 15 is 0 Å². The van der Waals surface area contributed by atoms with Crippen molar-refractivity contribution in [1.82, 2.24) is 13.6 Å². The number of pyridine rings is 1. The van der Waals surface area contributed by atoms with Gasteiger partial charge < -0.3 is 0 Å². The highest BCUT2D eigenvalue weighted by Gasteiger charge is 2.31. The van der Waals surface area contributed by atoms with Crippen molar-refractivity contribution in [3.63, 3.8) is 0 Å². The zero-order valence-electron chi connectivity index (χ0n) is 15.0. The predicted octanol–water partition coefficient (Wildman–Crippen LogP) is 3.04. The Labute approximate surface area is 150 Å². The first-order valence-electron chi connectivity index (χ1n) is 8.59. The van der Waals surface area contributed by atoms with Crippen molar-refractivity contribution in [3.05, 3.63) is 53.9 Å². The van der Waals surface area contributed by atoms with Crippen LogP contribution in [0.2, 0.25) is 0 Å². The lowest BCUT2D eigenvalue weighted by molar-refractivity contribution is 0.296. The van der Waals surface area contributed by atoms with Crippen molar-refractivity contribution in [1.29, 1.82) is 0 Å². The van der Waals surface area contributed by atoms with Gasteiger partial charge >= 0.3 is 0 Å². The van der Waals surface area contributed by atoms with Crippen LogP contribution in [-0.2, 0) is 10.2 Å². The molecule has 0 spiro atoms. The smallest absolute Gasteiger partial charge is 0.258 e. The minimum Gasteiger partial charge on any atom is -0.258 e. The van der Waals surface area contributed by atoms with E-state index in [9.17, 15) is 8.42 Å². The summed E-state index contributed by atoms with van der Waals surface area (Å²) in [6, 6.07) is 14.4. The predicted molar refractivity (Wildman–Crippen MR) is 101 cm³/mol. The molecule has 2 heterocycles. The number of aromatic nitrogens is 1. The lowest BCUT2D eigenvalue weighted by atomic mass is 9.93. The summed E-state index contributed by atoms with van der Waals surface area (Å²) in [4.78, 5) is 4.71. The summed E-state index contributed by atoms with van der Waals surface area (Å²) >= 11 is 0. The zero-order valence-corrected chi connectivity index (χ0v) is 15.8. The molecule has 3 rings (SSSR count). The first-order chi connectivity index (χ1) is 11.9. The molecular formula is C19H25N3O2S. The number of aryl methyl sites for hydroxylation is 1. The van der Waals surface area contributed by atoms with E-state index in [0.717, 1.165) is 35.4 Å². The second-order valence-electron chi connectivity index (χ2n) is 6.78. The fourth-order valence-electron chi connectivity index (χ4n) is 3.32. The largest absolute Gasteiger partial charge is 0.281 e. The van der Waals surface area contributed by atoms with Crippen molar-refractivity contribution < 1.29 is 8.42 Å². The molecule has 0 saturated carbocycles. The van der Waals surface area contributed by atoms with Crippen LogP contribution >= 0.6 is 0 Å². The second-order valence-corrected chi connectivity index (χ2v) is 8.92. The maximum atomic E-state index is 12.4. The Balaban J connectivity index is 1.90. The number of nitrogens with zero attached hydrogens (tertiary/aromatic N) is 3. The fraction of sp³-hybridized carbons (Fsp3) is 0.421. The molecule has 5 nitrogen and oxygen atoms in total. The van der Waals surface area contributed by atoms with E-state index in [1.54, 1.807) is 18.4 Å². The summed E-state index contributed by atoms with van der Waals surface area (Å²) in [5.41, 5.74) is 4.24. The highest BCUT2D eigenvalue weighted by atomic mass is 32.2. The molecule has 1 saturated heterocycles. The third kappa shape index (κ3) is 3.92. The van der Waals surface area contributed by atoms with E-state index in [2.05, 4.69) is 24.3 Å². The summed E-state index contributed by atoms with van der Waals surface area (Å²) in [5.74, 6) is 0.130. The molecule has 0 unspecified atom stereocenters. The molecule has 0 aliphatic carbocycles. The summed E-state index contributed by atoms with van der Waals surface area (Å²) in [6.45, 7) is 3.06. The molecule has 0 amide bonds. The third-order valence-corrected chi connectivity index (χ3v) is 6.58. The van der Waals surface area contributed by atoms with Gasteiger partial charge in [-0.25, -0.2) is 0 Å². The topological polar surface area (TPSA) is 53.5 Å². The Morgan fingerprint density at radius 2 is 1.84 bits per heavy atom. The van der Waals surface area contributed by atoms with E-state index in [0.29, 0.717) is 13.1 Å². The summed E-state index contributed by atoms with van der Waals surface area (Å²) in [7, 11) is -0.213.